The molecule has 0 unspecified atom stereocenters. The fourth-order valence-electron chi connectivity index (χ4n) is 3.60. The minimum absolute atomic E-state index is 0.241. The summed E-state index contributed by atoms with van der Waals surface area (Å²) in [6, 6.07) is 7.29. The highest BCUT2D eigenvalue weighted by Gasteiger charge is 2.24. The van der Waals surface area contributed by atoms with E-state index >= 15 is 0 Å². The smallest absolute Gasteiger partial charge is 0.323 e. The minimum Gasteiger partial charge on any atom is -0.497 e. The molecular weight excluding hydrogens is 414 g/mol. The fraction of sp³-hybridized carbons (Fsp3) is 0.409. The number of anilines is 2. The van der Waals surface area contributed by atoms with Crippen LogP contribution in [0.25, 0.3) is 11.2 Å². The van der Waals surface area contributed by atoms with Crippen molar-refractivity contribution in [3.8, 4) is 17.4 Å². The van der Waals surface area contributed by atoms with E-state index in [2.05, 4.69) is 20.2 Å². The normalized spacial score (nSPS) is 13.9. The summed E-state index contributed by atoms with van der Waals surface area (Å²) >= 11 is 0. The Morgan fingerprint density at radius 3 is 2.38 bits per heavy atom. The SMILES string of the molecule is CCOc1nc2oc(C)cc2nc1NC(=O)N1CCN(c2cc(OC)cc(OC)c2)CC1. The van der Waals surface area contributed by atoms with Crippen LogP contribution in [0.2, 0.25) is 0 Å². The summed E-state index contributed by atoms with van der Waals surface area (Å²) < 4.78 is 21.8. The number of fused-ring (bicyclic) bond motifs is 1. The van der Waals surface area contributed by atoms with Crippen LogP contribution in [-0.4, -0.2) is 67.9 Å². The average molecular weight is 441 g/mol. The van der Waals surface area contributed by atoms with Crippen LogP contribution >= 0.6 is 0 Å². The first-order valence-corrected chi connectivity index (χ1v) is 10.5. The van der Waals surface area contributed by atoms with Crippen LogP contribution in [0.1, 0.15) is 12.7 Å². The number of amides is 2. The summed E-state index contributed by atoms with van der Waals surface area (Å²) in [7, 11) is 3.25. The van der Waals surface area contributed by atoms with Gasteiger partial charge in [-0.3, -0.25) is 5.32 Å². The molecule has 0 spiro atoms. The van der Waals surface area contributed by atoms with E-state index in [9.17, 15) is 4.79 Å². The maximum atomic E-state index is 12.9. The highest BCUT2D eigenvalue weighted by atomic mass is 16.5. The van der Waals surface area contributed by atoms with Gasteiger partial charge in [0.2, 0.25) is 5.71 Å². The maximum absolute atomic E-state index is 12.9. The van der Waals surface area contributed by atoms with E-state index in [-0.39, 0.29) is 17.7 Å². The van der Waals surface area contributed by atoms with Crippen molar-refractivity contribution in [2.75, 3.05) is 57.2 Å². The van der Waals surface area contributed by atoms with Crippen molar-refractivity contribution in [3.05, 3.63) is 30.0 Å². The first-order chi connectivity index (χ1) is 15.5. The second-order valence-corrected chi connectivity index (χ2v) is 7.33. The van der Waals surface area contributed by atoms with Crippen molar-refractivity contribution in [3.63, 3.8) is 0 Å². The third-order valence-electron chi connectivity index (χ3n) is 5.23. The van der Waals surface area contributed by atoms with Crippen molar-refractivity contribution in [1.82, 2.24) is 14.9 Å². The number of rotatable bonds is 6. The van der Waals surface area contributed by atoms with E-state index in [1.54, 1.807) is 25.2 Å². The number of benzene rings is 1. The Morgan fingerprint density at radius 2 is 1.75 bits per heavy atom. The van der Waals surface area contributed by atoms with Crippen LogP contribution in [0.4, 0.5) is 16.3 Å². The van der Waals surface area contributed by atoms with Gasteiger partial charge in [-0.1, -0.05) is 0 Å². The lowest BCUT2D eigenvalue weighted by Gasteiger charge is -2.36. The zero-order chi connectivity index (χ0) is 22.7. The molecule has 0 bridgehead atoms. The fourth-order valence-corrected chi connectivity index (χ4v) is 3.60. The predicted molar refractivity (Wildman–Crippen MR) is 120 cm³/mol. The number of urea groups is 1. The molecule has 10 nitrogen and oxygen atoms in total. The monoisotopic (exact) mass is 441 g/mol. The number of aryl methyl sites for hydroxylation is 1. The number of ether oxygens (including phenoxy) is 3. The second kappa shape index (κ2) is 9.21. The number of piperazine rings is 1. The van der Waals surface area contributed by atoms with E-state index in [1.807, 2.05) is 32.0 Å². The molecule has 1 N–H and O–H groups in total. The van der Waals surface area contributed by atoms with Gasteiger partial charge in [0.15, 0.2) is 5.82 Å². The van der Waals surface area contributed by atoms with Gasteiger partial charge in [0.1, 0.15) is 22.8 Å². The van der Waals surface area contributed by atoms with E-state index in [0.29, 0.717) is 49.8 Å². The summed E-state index contributed by atoms with van der Waals surface area (Å²) in [5.41, 5.74) is 1.94. The first kappa shape index (κ1) is 21.5. The molecule has 10 heteroatoms. The van der Waals surface area contributed by atoms with Gasteiger partial charge in [0.05, 0.1) is 20.8 Å². The Morgan fingerprint density at radius 1 is 1.06 bits per heavy atom. The molecular formula is C22H27N5O5. The average Bonchev–Trinajstić information content (AvgIpc) is 3.17. The van der Waals surface area contributed by atoms with Crippen molar-refractivity contribution in [2.24, 2.45) is 0 Å². The van der Waals surface area contributed by atoms with Crippen LogP contribution in [0, 0.1) is 6.92 Å². The van der Waals surface area contributed by atoms with Gasteiger partial charge < -0.3 is 28.4 Å². The topological polar surface area (TPSA) is 102 Å². The molecule has 0 saturated carbocycles. The van der Waals surface area contributed by atoms with Crippen LogP contribution in [0.5, 0.6) is 17.4 Å². The van der Waals surface area contributed by atoms with Crippen molar-refractivity contribution >= 4 is 28.8 Å². The Hall–Kier alpha value is -3.69. The molecule has 0 atom stereocenters. The number of aromatic nitrogens is 2. The van der Waals surface area contributed by atoms with Gasteiger partial charge in [-0.15, -0.1) is 0 Å². The summed E-state index contributed by atoms with van der Waals surface area (Å²) in [5.74, 6) is 2.67. The van der Waals surface area contributed by atoms with Gasteiger partial charge in [-0.2, -0.15) is 4.98 Å². The molecule has 1 aromatic carbocycles. The van der Waals surface area contributed by atoms with Crippen molar-refractivity contribution in [2.45, 2.75) is 13.8 Å². The largest absolute Gasteiger partial charge is 0.497 e. The molecule has 4 rings (SSSR count). The zero-order valence-electron chi connectivity index (χ0n) is 18.7. The van der Waals surface area contributed by atoms with Crippen molar-refractivity contribution in [1.29, 1.82) is 0 Å². The predicted octanol–water partition coefficient (Wildman–Crippen LogP) is 3.30. The molecule has 1 aliphatic heterocycles. The summed E-state index contributed by atoms with van der Waals surface area (Å²) in [6.07, 6.45) is 0. The lowest BCUT2D eigenvalue weighted by atomic mass is 10.2. The number of nitrogens with one attached hydrogen (secondary N) is 1. The zero-order valence-corrected chi connectivity index (χ0v) is 18.7. The molecule has 0 radical (unpaired) electrons. The standard InChI is InChI=1S/C22H27N5O5/c1-5-31-21-19(23-18-10-14(2)32-20(18)25-21)24-22(28)27-8-6-26(7-9-27)15-11-16(29-3)13-17(12-15)30-4/h10-13H,5-9H2,1-4H3,(H,23,24,28). The molecule has 1 saturated heterocycles. The Bertz CT molecular complexity index is 1090. The number of methoxy groups -OCH3 is 2. The highest BCUT2D eigenvalue weighted by molar-refractivity contribution is 5.91. The van der Waals surface area contributed by atoms with Gasteiger partial charge in [-0.25, -0.2) is 9.78 Å². The quantitative estimate of drug-likeness (QED) is 0.622. The molecule has 3 heterocycles. The molecule has 2 amide bonds. The van der Waals surface area contributed by atoms with Crippen LogP contribution in [0.15, 0.2) is 28.7 Å². The number of carbonyl (C=O) groups excluding carboxylic acids is 1. The van der Waals surface area contributed by atoms with Crippen molar-refractivity contribution < 1.29 is 23.4 Å². The number of hydrogen-bond acceptors (Lipinski definition) is 8. The molecule has 170 valence electrons. The maximum Gasteiger partial charge on any atom is 0.323 e. The number of hydrogen-bond donors (Lipinski definition) is 1. The molecule has 1 aliphatic rings. The summed E-state index contributed by atoms with van der Waals surface area (Å²) in [4.78, 5) is 25.7. The molecule has 2 aromatic heterocycles. The van der Waals surface area contributed by atoms with Crippen LogP contribution in [0.3, 0.4) is 0 Å². The van der Waals surface area contributed by atoms with Gasteiger partial charge in [0.25, 0.3) is 5.88 Å². The Kier molecular flexibility index (Phi) is 6.20. The highest BCUT2D eigenvalue weighted by Crippen LogP contribution is 2.29. The minimum atomic E-state index is -0.248. The number of nitrogens with zero attached hydrogens (tertiary/aromatic N) is 4. The summed E-state index contributed by atoms with van der Waals surface area (Å²) in [5, 5.41) is 2.85. The second-order valence-electron chi connectivity index (χ2n) is 7.33. The lowest BCUT2D eigenvalue weighted by Crippen LogP contribution is -2.50. The van der Waals surface area contributed by atoms with Gasteiger partial charge in [0, 0.05) is 56.1 Å². The third kappa shape index (κ3) is 4.48. The molecule has 0 aliphatic carbocycles. The van der Waals surface area contributed by atoms with E-state index in [1.165, 1.54) is 0 Å². The van der Waals surface area contributed by atoms with E-state index in [0.717, 1.165) is 17.2 Å². The van der Waals surface area contributed by atoms with Gasteiger partial charge >= 0.3 is 6.03 Å². The Labute approximate surface area is 186 Å². The molecule has 1 fully saturated rings. The van der Waals surface area contributed by atoms with Gasteiger partial charge in [-0.05, 0) is 13.8 Å². The van der Waals surface area contributed by atoms with E-state index < -0.39 is 0 Å². The third-order valence-corrected chi connectivity index (χ3v) is 5.23. The van der Waals surface area contributed by atoms with E-state index in [4.69, 9.17) is 18.6 Å². The first-order valence-electron chi connectivity index (χ1n) is 10.5. The lowest BCUT2D eigenvalue weighted by molar-refractivity contribution is 0.208. The Balaban J connectivity index is 1.44. The number of carbonyl (C=O) groups is 1. The molecule has 32 heavy (non-hydrogen) atoms. The summed E-state index contributed by atoms with van der Waals surface area (Å²) in [6.45, 7) is 6.51. The van der Waals surface area contributed by atoms with Crippen LogP contribution < -0.4 is 24.4 Å². The van der Waals surface area contributed by atoms with Crippen LogP contribution in [-0.2, 0) is 0 Å². The number of furan rings is 1. The molecule has 3 aromatic rings.